The molecule has 0 aromatic carbocycles. The minimum atomic E-state index is -4.54. The lowest BCUT2D eigenvalue weighted by atomic mass is 9.77. The molecule has 5 saturated carbocycles. The van der Waals surface area contributed by atoms with Crippen LogP contribution in [0.15, 0.2) is 0 Å². The van der Waals surface area contributed by atoms with Gasteiger partial charge in [0.2, 0.25) is 5.91 Å². The Morgan fingerprint density at radius 3 is 2.22 bits per heavy atom. The number of amides is 1. The number of nitrogens with one attached hydrogen (secondary N) is 1. The fraction of sp³-hybridized carbons (Fsp3) is 0.900. The third-order valence-corrected chi connectivity index (χ3v) is 7.75. The van der Waals surface area contributed by atoms with Gasteiger partial charge in [-0.15, -0.1) is 0 Å². The Balaban J connectivity index is 1.28. The molecule has 0 saturated heterocycles. The van der Waals surface area contributed by atoms with Crippen LogP contribution in [0, 0.1) is 35.0 Å². The monoisotopic (exact) mass is 387 g/mol. The number of carbonyl (C=O) groups is 2. The second-order valence-electron chi connectivity index (χ2n) is 9.22. The van der Waals surface area contributed by atoms with E-state index in [9.17, 15) is 22.8 Å². The van der Waals surface area contributed by atoms with Gasteiger partial charge in [0.15, 0.2) is 6.61 Å². The highest BCUT2D eigenvalue weighted by Gasteiger charge is 2.62. The summed E-state index contributed by atoms with van der Waals surface area (Å²) >= 11 is 0. The van der Waals surface area contributed by atoms with E-state index in [1.165, 1.54) is 25.7 Å². The van der Waals surface area contributed by atoms with Gasteiger partial charge >= 0.3 is 12.1 Å². The van der Waals surface area contributed by atoms with Crippen molar-refractivity contribution in [2.24, 2.45) is 35.0 Å². The van der Waals surface area contributed by atoms with Crippen LogP contribution in [-0.2, 0) is 14.3 Å². The van der Waals surface area contributed by atoms with Crippen molar-refractivity contribution < 1.29 is 27.5 Å². The summed E-state index contributed by atoms with van der Waals surface area (Å²) in [6.45, 7) is -0.974. The lowest BCUT2D eigenvalue weighted by molar-refractivity contribution is -0.191. The molecule has 5 aliphatic rings. The van der Waals surface area contributed by atoms with Crippen LogP contribution >= 0.6 is 0 Å². The molecule has 1 amide bonds. The van der Waals surface area contributed by atoms with Gasteiger partial charge in [-0.3, -0.25) is 9.59 Å². The summed E-state index contributed by atoms with van der Waals surface area (Å²) in [7, 11) is 0. The molecular weight excluding hydrogens is 359 g/mol. The SMILES string of the molecule is O=C(NCCC12C[C@H]3CC1C[C@H]3C2)[C@H]1CCCC[C@H]1C(=O)OCC(F)(F)F. The molecule has 152 valence electrons. The van der Waals surface area contributed by atoms with Crippen LogP contribution in [0.1, 0.15) is 57.8 Å². The van der Waals surface area contributed by atoms with E-state index < -0.39 is 30.6 Å². The summed E-state index contributed by atoms with van der Waals surface area (Å²) < 4.78 is 41.3. The van der Waals surface area contributed by atoms with E-state index in [2.05, 4.69) is 10.1 Å². The van der Waals surface area contributed by atoms with Gasteiger partial charge in [0, 0.05) is 6.54 Å². The average Bonchev–Trinajstić information content (AvgIpc) is 3.33. The molecule has 6 atom stereocenters. The van der Waals surface area contributed by atoms with Gasteiger partial charge in [-0.25, -0.2) is 0 Å². The first-order chi connectivity index (χ1) is 12.8. The van der Waals surface area contributed by atoms with Crippen molar-refractivity contribution in [1.29, 1.82) is 0 Å². The maximum Gasteiger partial charge on any atom is 0.422 e. The van der Waals surface area contributed by atoms with Crippen molar-refractivity contribution in [2.75, 3.05) is 13.2 Å². The van der Waals surface area contributed by atoms with Crippen molar-refractivity contribution in [3.05, 3.63) is 0 Å². The lowest BCUT2D eigenvalue weighted by Crippen LogP contribution is -2.42. The minimum absolute atomic E-state index is 0.194. The van der Waals surface area contributed by atoms with E-state index in [0.717, 1.165) is 37.0 Å². The molecule has 1 N–H and O–H groups in total. The molecule has 0 radical (unpaired) electrons. The molecule has 2 unspecified atom stereocenters. The topological polar surface area (TPSA) is 55.4 Å². The summed E-state index contributed by atoms with van der Waals surface area (Å²) in [5.74, 6) is 0.221. The fourth-order valence-corrected chi connectivity index (χ4v) is 6.63. The van der Waals surface area contributed by atoms with Gasteiger partial charge in [0.25, 0.3) is 0 Å². The quantitative estimate of drug-likeness (QED) is 0.705. The molecule has 4 nitrogen and oxygen atoms in total. The summed E-state index contributed by atoms with van der Waals surface area (Å²) in [4.78, 5) is 24.7. The number of hydrogen-bond acceptors (Lipinski definition) is 3. The van der Waals surface area contributed by atoms with Gasteiger partial charge in [-0.2, -0.15) is 13.2 Å². The van der Waals surface area contributed by atoms with Crippen LogP contribution in [0.4, 0.5) is 13.2 Å². The molecule has 0 spiro atoms. The number of hydrogen-bond donors (Lipinski definition) is 1. The largest absolute Gasteiger partial charge is 0.456 e. The zero-order chi connectivity index (χ0) is 19.2. The first-order valence-corrected chi connectivity index (χ1v) is 10.3. The molecule has 0 aromatic heterocycles. The van der Waals surface area contributed by atoms with Gasteiger partial charge in [-0.05, 0) is 68.1 Å². The number of rotatable bonds is 6. The highest BCUT2D eigenvalue weighted by molar-refractivity contribution is 5.85. The number of ether oxygens (including phenoxy) is 1. The molecule has 5 fully saturated rings. The Kier molecular flexibility index (Phi) is 4.91. The Labute approximate surface area is 157 Å². The van der Waals surface area contributed by atoms with Crippen molar-refractivity contribution in [3.8, 4) is 0 Å². The fourth-order valence-electron chi connectivity index (χ4n) is 6.63. The highest BCUT2D eigenvalue weighted by atomic mass is 19.4. The van der Waals surface area contributed by atoms with E-state index >= 15 is 0 Å². The van der Waals surface area contributed by atoms with Crippen molar-refractivity contribution in [3.63, 3.8) is 0 Å². The third kappa shape index (κ3) is 3.70. The standard InChI is InChI=1S/C20H28F3NO3/c21-20(22,23)11-27-18(26)16-4-2-1-3-15(16)17(25)24-6-5-19-9-12-7-14(19)8-13(12)10-19/h12-16H,1-11H2,(H,24,25)/t12-,13+,14?,15-,16+,19?/m0/s1. The molecule has 27 heavy (non-hydrogen) atoms. The van der Waals surface area contributed by atoms with Crippen molar-refractivity contribution in [1.82, 2.24) is 5.32 Å². The number of halogens is 3. The summed E-state index contributed by atoms with van der Waals surface area (Å²) in [5, 5.41) is 2.98. The molecule has 0 aliphatic heterocycles. The zero-order valence-corrected chi connectivity index (χ0v) is 15.5. The van der Waals surface area contributed by atoms with Crippen LogP contribution in [0.5, 0.6) is 0 Å². The molecule has 5 rings (SSSR count). The van der Waals surface area contributed by atoms with E-state index in [1.54, 1.807) is 0 Å². The Hall–Kier alpha value is -1.27. The number of esters is 1. The lowest BCUT2D eigenvalue weighted by Gasteiger charge is -2.31. The molecule has 0 aromatic rings. The van der Waals surface area contributed by atoms with Crippen LogP contribution in [0.25, 0.3) is 0 Å². The second kappa shape index (κ2) is 6.96. The van der Waals surface area contributed by atoms with Gasteiger partial charge < -0.3 is 10.1 Å². The maximum atomic E-state index is 12.6. The van der Waals surface area contributed by atoms with Crippen molar-refractivity contribution in [2.45, 2.75) is 64.0 Å². The number of alkyl halides is 3. The zero-order valence-electron chi connectivity index (χ0n) is 15.5. The molecule has 0 heterocycles. The van der Waals surface area contributed by atoms with E-state index in [0.29, 0.717) is 24.8 Å². The Morgan fingerprint density at radius 1 is 1.04 bits per heavy atom. The highest BCUT2D eigenvalue weighted by Crippen LogP contribution is 2.71. The average molecular weight is 387 g/mol. The molecular formula is C20H28F3NO3. The smallest absolute Gasteiger partial charge is 0.422 e. The molecule has 5 aliphatic carbocycles. The second-order valence-corrected chi connectivity index (χ2v) is 9.22. The number of carbonyl (C=O) groups excluding carboxylic acids is 2. The van der Waals surface area contributed by atoms with Crippen LogP contribution in [0.3, 0.4) is 0 Å². The third-order valence-electron chi connectivity index (χ3n) is 7.75. The van der Waals surface area contributed by atoms with Crippen LogP contribution in [-0.4, -0.2) is 31.2 Å². The van der Waals surface area contributed by atoms with Crippen molar-refractivity contribution >= 4 is 11.9 Å². The van der Waals surface area contributed by atoms with E-state index in [4.69, 9.17) is 0 Å². The Bertz CT molecular complexity index is 592. The van der Waals surface area contributed by atoms with Crippen LogP contribution < -0.4 is 5.32 Å². The predicted octanol–water partition coefficient (Wildman–Crippen LogP) is 3.84. The van der Waals surface area contributed by atoms with E-state index in [-0.39, 0.29) is 5.91 Å². The van der Waals surface area contributed by atoms with E-state index in [1.807, 2.05) is 0 Å². The van der Waals surface area contributed by atoms with Gasteiger partial charge in [-0.1, -0.05) is 12.8 Å². The maximum absolute atomic E-state index is 12.6. The van der Waals surface area contributed by atoms with Gasteiger partial charge in [0.1, 0.15) is 0 Å². The minimum Gasteiger partial charge on any atom is -0.456 e. The summed E-state index contributed by atoms with van der Waals surface area (Å²) in [6, 6.07) is 0. The van der Waals surface area contributed by atoms with Gasteiger partial charge in [0.05, 0.1) is 11.8 Å². The Morgan fingerprint density at radius 2 is 1.67 bits per heavy atom. The molecule has 4 bridgehead atoms. The first kappa shape index (κ1) is 19.1. The summed E-state index contributed by atoms with van der Waals surface area (Å²) in [5.41, 5.74) is 0.417. The predicted molar refractivity (Wildman–Crippen MR) is 91.5 cm³/mol. The summed E-state index contributed by atoms with van der Waals surface area (Å²) in [6.07, 6.45) is 4.28. The first-order valence-electron chi connectivity index (χ1n) is 10.3. The van der Waals surface area contributed by atoms with Crippen LogP contribution in [0.2, 0.25) is 0 Å². The molecule has 7 heteroatoms. The normalized spacial score (nSPS) is 39.7.